The van der Waals surface area contributed by atoms with Crippen molar-refractivity contribution in [3.05, 3.63) is 70.8 Å². The van der Waals surface area contributed by atoms with Crippen molar-refractivity contribution in [2.24, 2.45) is 4.99 Å². The Balaban J connectivity index is 0.00000341. The SMILES string of the molecule is CN=C(NCCCCN1C(=O)c2ccccc2C1=O)NC(C)c1ccc(F)cc1F.I. The number of hydrogen-bond acceptors (Lipinski definition) is 3. The molecule has 1 atom stereocenters. The minimum Gasteiger partial charge on any atom is -0.356 e. The van der Waals surface area contributed by atoms with E-state index in [0.29, 0.717) is 48.6 Å². The summed E-state index contributed by atoms with van der Waals surface area (Å²) in [7, 11) is 1.60. The van der Waals surface area contributed by atoms with E-state index in [2.05, 4.69) is 15.6 Å². The van der Waals surface area contributed by atoms with E-state index in [9.17, 15) is 18.4 Å². The van der Waals surface area contributed by atoms with Crippen LogP contribution >= 0.6 is 24.0 Å². The molecular weight excluding hydrogens is 517 g/mol. The lowest BCUT2D eigenvalue weighted by molar-refractivity contribution is 0.0652. The minimum absolute atomic E-state index is 0. The fraction of sp³-hybridized carbons (Fsp3) is 0.318. The second-order valence-electron chi connectivity index (χ2n) is 7.05. The number of amides is 2. The van der Waals surface area contributed by atoms with E-state index in [1.54, 1.807) is 38.2 Å². The average molecular weight is 542 g/mol. The van der Waals surface area contributed by atoms with Crippen LogP contribution in [0.25, 0.3) is 0 Å². The number of halogens is 3. The van der Waals surface area contributed by atoms with Gasteiger partial charge in [-0.25, -0.2) is 8.78 Å². The Labute approximate surface area is 197 Å². The predicted molar refractivity (Wildman–Crippen MR) is 126 cm³/mol. The van der Waals surface area contributed by atoms with Gasteiger partial charge in [0, 0.05) is 31.8 Å². The van der Waals surface area contributed by atoms with E-state index in [1.807, 2.05) is 0 Å². The fourth-order valence-corrected chi connectivity index (χ4v) is 3.37. The highest BCUT2D eigenvalue weighted by Crippen LogP contribution is 2.22. The summed E-state index contributed by atoms with van der Waals surface area (Å²) in [6.45, 7) is 2.66. The van der Waals surface area contributed by atoms with Crippen molar-refractivity contribution in [2.75, 3.05) is 20.1 Å². The van der Waals surface area contributed by atoms with Gasteiger partial charge in [0.25, 0.3) is 11.8 Å². The molecule has 0 saturated heterocycles. The normalized spacial score (nSPS) is 14.2. The monoisotopic (exact) mass is 542 g/mol. The molecule has 2 aromatic rings. The van der Waals surface area contributed by atoms with Gasteiger partial charge in [0.15, 0.2) is 5.96 Å². The Morgan fingerprint density at radius 3 is 2.29 bits per heavy atom. The van der Waals surface area contributed by atoms with E-state index in [4.69, 9.17) is 0 Å². The average Bonchev–Trinajstić information content (AvgIpc) is 2.97. The number of unbranched alkanes of at least 4 members (excludes halogenated alkanes) is 1. The van der Waals surface area contributed by atoms with Crippen LogP contribution in [0, 0.1) is 11.6 Å². The number of imide groups is 1. The first-order valence-electron chi connectivity index (χ1n) is 9.79. The zero-order chi connectivity index (χ0) is 21.7. The summed E-state index contributed by atoms with van der Waals surface area (Å²) < 4.78 is 27.0. The number of nitrogens with zero attached hydrogens (tertiary/aromatic N) is 2. The number of hydrogen-bond donors (Lipinski definition) is 2. The van der Waals surface area contributed by atoms with Gasteiger partial charge in [-0.2, -0.15) is 0 Å². The minimum atomic E-state index is -0.621. The van der Waals surface area contributed by atoms with E-state index in [0.717, 1.165) is 6.07 Å². The molecular formula is C22H25F2IN4O2. The number of nitrogens with one attached hydrogen (secondary N) is 2. The lowest BCUT2D eigenvalue weighted by Crippen LogP contribution is -2.39. The molecule has 2 amide bonds. The Bertz CT molecular complexity index is 949. The lowest BCUT2D eigenvalue weighted by atomic mass is 10.1. The second-order valence-corrected chi connectivity index (χ2v) is 7.05. The van der Waals surface area contributed by atoms with Crippen molar-refractivity contribution in [1.82, 2.24) is 15.5 Å². The van der Waals surface area contributed by atoms with Crippen molar-refractivity contribution >= 4 is 41.8 Å². The van der Waals surface area contributed by atoms with Crippen LogP contribution in [0.5, 0.6) is 0 Å². The van der Waals surface area contributed by atoms with Gasteiger partial charge in [-0.3, -0.25) is 19.5 Å². The molecule has 31 heavy (non-hydrogen) atoms. The largest absolute Gasteiger partial charge is 0.356 e. The first-order valence-corrected chi connectivity index (χ1v) is 9.79. The number of benzene rings is 2. The molecule has 2 N–H and O–H groups in total. The van der Waals surface area contributed by atoms with Crippen LogP contribution in [-0.4, -0.2) is 42.8 Å². The molecule has 0 bridgehead atoms. The Hall–Kier alpha value is -2.56. The van der Waals surface area contributed by atoms with Gasteiger partial charge in [-0.05, 0) is 38.0 Å². The molecule has 1 heterocycles. The van der Waals surface area contributed by atoms with Crippen molar-refractivity contribution in [3.8, 4) is 0 Å². The van der Waals surface area contributed by atoms with Crippen LogP contribution in [-0.2, 0) is 0 Å². The molecule has 1 aliphatic rings. The molecule has 0 spiro atoms. The molecule has 166 valence electrons. The number of rotatable bonds is 7. The summed E-state index contributed by atoms with van der Waals surface area (Å²) in [6, 6.07) is 9.88. The molecule has 6 nitrogen and oxygen atoms in total. The quantitative estimate of drug-likeness (QED) is 0.183. The molecule has 0 radical (unpaired) electrons. The standard InChI is InChI=1S/C22H24F2N4O2.HI/c1-14(16-10-9-15(23)13-19(16)24)27-22(25-2)26-11-5-6-12-28-20(29)17-7-3-4-8-18(17)21(28)30;/h3-4,7-10,13-14H,5-6,11-12H2,1-2H3,(H2,25,26,27);1H. The molecule has 3 rings (SSSR count). The van der Waals surface area contributed by atoms with Gasteiger partial charge < -0.3 is 10.6 Å². The van der Waals surface area contributed by atoms with Gasteiger partial charge in [0.2, 0.25) is 0 Å². The van der Waals surface area contributed by atoms with Crippen molar-refractivity contribution < 1.29 is 18.4 Å². The Morgan fingerprint density at radius 2 is 1.71 bits per heavy atom. The van der Waals surface area contributed by atoms with Gasteiger partial charge in [0.05, 0.1) is 17.2 Å². The predicted octanol–water partition coefficient (Wildman–Crippen LogP) is 3.89. The zero-order valence-corrected chi connectivity index (χ0v) is 19.7. The molecule has 1 unspecified atom stereocenters. The third kappa shape index (κ3) is 5.78. The number of aliphatic imine (C=N–C) groups is 1. The van der Waals surface area contributed by atoms with Crippen LogP contribution < -0.4 is 10.6 Å². The van der Waals surface area contributed by atoms with Crippen molar-refractivity contribution in [3.63, 3.8) is 0 Å². The molecule has 0 aliphatic carbocycles. The second kappa shape index (κ2) is 11.2. The summed E-state index contributed by atoms with van der Waals surface area (Å²) in [4.78, 5) is 30.1. The molecule has 0 fully saturated rings. The fourth-order valence-electron chi connectivity index (χ4n) is 3.37. The number of guanidine groups is 1. The van der Waals surface area contributed by atoms with Gasteiger partial charge in [-0.15, -0.1) is 24.0 Å². The first kappa shape index (κ1) is 24.7. The summed E-state index contributed by atoms with van der Waals surface area (Å²) >= 11 is 0. The molecule has 2 aromatic carbocycles. The van der Waals surface area contributed by atoms with Gasteiger partial charge in [-0.1, -0.05) is 18.2 Å². The van der Waals surface area contributed by atoms with Crippen LogP contribution in [0.2, 0.25) is 0 Å². The van der Waals surface area contributed by atoms with Crippen LogP contribution in [0.4, 0.5) is 8.78 Å². The van der Waals surface area contributed by atoms with Crippen molar-refractivity contribution in [2.45, 2.75) is 25.8 Å². The third-order valence-corrected chi connectivity index (χ3v) is 4.98. The molecule has 1 aliphatic heterocycles. The lowest BCUT2D eigenvalue weighted by Gasteiger charge is -2.19. The van der Waals surface area contributed by atoms with Gasteiger partial charge in [0.1, 0.15) is 11.6 Å². The molecule has 0 aromatic heterocycles. The summed E-state index contributed by atoms with van der Waals surface area (Å²) in [5.74, 6) is -1.27. The smallest absolute Gasteiger partial charge is 0.261 e. The van der Waals surface area contributed by atoms with Crippen LogP contribution in [0.15, 0.2) is 47.5 Å². The van der Waals surface area contributed by atoms with Crippen molar-refractivity contribution in [1.29, 1.82) is 0 Å². The highest BCUT2D eigenvalue weighted by atomic mass is 127. The first-order chi connectivity index (χ1) is 14.4. The Morgan fingerprint density at radius 1 is 1.06 bits per heavy atom. The van der Waals surface area contributed by atoms with E-state index in [1.165, 1.54) is 17.0 Å². The topological polar surface area (TPSA) is 73.8 Å². The van der Waals surface area contributed by atoms with E-state index >= 15 is 0 Å². The Kier molecular flexibility index (Phi) is 8.90. The third-order valence-electron chi connectivity index (χ3n) is 4.98. The zero-order valence-electron chi connectivity index (χ0n) is 17.3. The summed E-state index contributed by atoms with van der Waals surface area (Å²) in [5, 5.41) is 6.18. The van der Waals surface area contributed by atoms with Crippen LogP contribution in [0.1, 0.15) is 52.1 Å². The van der Waals surface area contributed by atoms with Gasteiger partial charge >= 0.3 is 0 Å². The number of carbonyl (C=O) groups excluding carboxylic acids is 2. The molecule has 0 saturated carbocycles. The van der Waals surface area contributed by atoms with Crippen LogP contribution in [0.3, 0.4) is 0 Å². The number of fused-ring (bicyclic) bond motifs is 1. The highest BCUT2D eigenvalue weighted by Gasteiger charge is 2.34. The van der Waals surface area contributed by atoms with E-state index < -0.39 is 17.7 Å². The van der Waals surface area contributed by atoms with E-state index in [-0.39, 0.29) is 35.8 Å². The highest BCUT2D eigenvalue weighted by molar-refractivity contribution is 14.0. The maximum atomic E-state index is 13.9. The maximum Gasteiger partial charge on any atom is 0.261 e. The summed E-state index contributed by atoms with van der Waals surface area (Å²) in [6.07, 6.45) is 1.34. The summed E-state index contributed by atoms with van der Waals surface area (Å²) in [5.41, 5.74) is 1.24. The number of carbonyl (C=O) groups is 2. The molecule has 9 heteroatoms. The maximum absolute atomic E-state index is 13.9.